The first kappa shape index (κ1) is 13.1. The number of aliphatic hydroxyl groups is 1. The maximum atomic E-state index is 10.1. The highest BCUT2D eigenvalue weighted by Gasteiger charge is 2.10. The predicted molar refractivity (Wildman–Crippen MR) is 73.1 cm³/mol. The fraction of sp³-hybridized carbons (Fsp3) is 0.357. The van der Waals surface area contributed by atoms with E-state index in [1.54, 1.807) is 24.6 Å². The van der Waals surface area contributed by atoms with Crippen molar-refractivity contribution in [3.63, 3.8) is 0 Å². The molecule has 1 aromatic carbocycles. The first-order valence-corrected chi connectivity index (χ1v) is 6.79. The Kier molecular flexibility index (Phi) is 4.33. The van der Waals surface area contributed by atoms with Crippen molar-refractivity contribution in [1.82, 2.24) is 4.98 Å². The molecule has 96 valence electrons. The third kappa shape index (κ3) is 3.09. The Hall–Kier alpha value is -1.39. The lowest BCUT2D eigenvalue weighted by Crippen LogP contribution is -2.00. The molecule has 3 nitrogen and oxygen atoms in total. The second-order valence-electron chi connectivity index (χ2n) is 4.21. The zero-order valence-corrected chi connectivity index (χ0v) is 11.4. The molecule has 0 fully saturated rings. The molecule has 1 heterocycles. The van der Waals surface area contributed by atoms with Gasteiger partial charge in [-0.15, -0.1) is 11.3 Å². The van der Waals surface area contributed by atoms with Crippen molar-refractivity contribution in [3.8, 4) is 5.75 Å². The number of rotatable bonds is 5. The number of nitrogens with zero attached hydrogens (tertiary/aromatic N) is 1. The molecular weight excluding hydrogens is 246 g/mol. The maximum Gasteiger partial charge on any atom is 0.121 e. The van der Waals surface area contributed by atoms with E-state index in [9.17, 15) is 5.11 Å². The number of methoxy groups -OCH3 is 1. The molecular formula is C14H17NO2S. The zero-order chi connectivity index (χ0) is 13.0. The zero-order valence-electron chi connectivity index (χ0n) is 10.6. The molecule has 0 radical (unpaired) electrons. The van der Waals surface area contributed by atoms with Crippen LogP contribution in [0.4, 0.5) is 0 Å². The van der Waals surface area contributed by atoms with Gasteiger partial charge in [0.15, 0.2) is 0 Å². The second kappa shape index (κ2) is 5.98. The summed E-state index contributed by atoms with van der Waals surface area (Å²) < 4.78 is 5.21. The van der Waals surface area contributed by atoms with E-state index in [1.807, 2.05) is 30.5 Å². The number of hydrogen-bond acceptors (Lipinski definition) is 4. The third-order valence-electron chi connectivity index (χ3n) is 2.92. The SMILES string of the molecule is COc1ccc(C(O)CCc2nccs2)cc1C. The van der Waals surface area contributed by atoms with Gasteiger partial charge < -0.3 is 9.84 Å². The molecule has 0 saturated carbocycles. The third-order valence-corrected chi connectivity index (χ3v) is 3.76. The van der Waals surface area contributed by atoms with Gasteiger partial charge in [-0.05, 0) is 36.6 Å². The van der Waals surface area contributed by atoms with E-state index in [2.05, 4.69) is 4.98 Å². The number of thiazole rings is 1. The van der Waals surface area contributed by atoms with Crippen LogP contribution in [0.25, 0.3) is 0 Å². The van der Waals surface area contributed by atoms with Gasteiger partial charge in [0.05, 0.1) is 18.2 Å². The van der Waals surface area contributed by atoms with Crippen LogP contribution in [-0.4, -0.2) is 17.2 Å². The maximum absolute atomic E-state index is 10.1. The summed E-state index contributed by atoms with van der Waals surface area (Å²) in [5, 5.41) is 13.2. The van der Waals surface area contributed by atoms with E-state index in [1.165, 1.54) is 0 Å². The Bertz CT molecular complexity index is 497. The largest absolute Gasteiger partial charge is 0.496 e. The standard InChI is InChI=1S/C14H17NO2S/c1-10-9-11(3-5-13(10)17-2)12(16)4-6-14-15-7-8-18-14/h3,5,7-9,12,16H,4,6H2,1-2H3. The molecule has 2 aromatic rings. The first-order chi connectivity index (χ1) is 8.70. The molecule has 0 aliphatic rings. The van der Waals surface area contributed by atoms with E-state index in [0.29, 0.717) is 6.42 Å². The van der Waals surface area contributed by atoms with Crippen LogP contribution in [0, 0.1) is 6.92 Å². The van der Waals surface area contributed by atoms with Crippen LogP contribution in [-0.2, 0) is 6.42 Å². The summed E-state index contributed by atoms with van der Waals surface area (Å²) in [7, 11) is 1.65. The molecule has 0 saturated heterocycles. The quantitative estimate of drug-likeness (QED) is 0.901. The van der Waals surface area contributed by atoms with E-state index in [0.717, 1.165) is 28.3 Å². The summed E-state index contributed by atoms with van der Waals surface area (Å²) in [6.45, 7) is 1.98. The van der Waals surface area contributed by atoms with E-state index in [4.69, 9.17) is 4.74 Å². The lowest BCUT2D eigenvalue weighted by atomic mass is 10.0. The lowest BCUT2D eigenvalue weighted by Gasteiger charge is -2.12. The van der Waals surface area contributed by atoms with Gasteiger partial charge in [-0.3, -0.25) is 0 Å². The highest BCUT2D eigenvalue weighted by Crippen LogP contribution is 2.25. The van der Waals surface area contributed by atoms with Gasteiger partial charge in [0.25, 0.3) is 0 Å². The van der Waals surface area contributed by atoms with Crippen molar-refractivity contribution in [1.29, 1.82) is 0 Å². The molecule has 18 heavy (non-hydrogen) atoms. The summed E-state index contributed by atoms with van der Waals surface area (Å²) in [4.78, 5) is 4.21. The minimum Gasteiger partial charge on any atom is -0.496 e. The molecule has 4 heteroatoms. The smallest absolute Gasteiger partial charge is 0.121 e. The molecule has 0 amide bonds. The summed E-state index contributed by atoms with van der Waals surface area (Å²) in [6.07, 6.45) is 2.85. The number of aromatic nitrogens is 1. The van der Waals surface area contributed by atoms with E-state index >= 15 is 0 Å². The van der Waals surface area contributed by atoms with Gasteiger partial charge in [-0.1, -0.05) is 6.07 Å². The normalized spacial score (nSPS) is 12.4. The minimum absolute atomic E-state index is 0.446. The topological polar surface area (TPSA) is 42.4 Å². The summed E-state index contributed by atoms with van der Waals surface area (Å²) >= 11 is 1.63. The highest BCUT2D eigenvalue weighted by molar-refractivity contribution is 7.09. The number of hydrogen-bond donors (Lipinski definition) is 1. The van der Waals surface area contributed by atoms with Crippen molar-refractivity contribution in [2.75, 3.05) is 7.11 Å². The molecule has 1 aromatic heterocycles. The Balaban J connectivity index is 2.00. The van der Waals surface area contributed by atoms with Crippen LogP contribution in [0.2, 0.25) is 0 Å². The van der Waals surface area contributed by atoms with Gasteiger partial charge in [-0.2, -0.15) is 0 Å². The van der Waals surface area contributed by atoms with Crippen molar-refractivity contribution in [3.05, 3.63) is 45.9 Å². The van der Waals surface area contributed by atoms with Crippen LogP contribution in [0.15, 0.2) is 29.8 Å². The number of aliphatic hydroxyl groups excluding tert-OH is 1. The molecule has 0 aliphatic carbocycles. The Morgan fingerprint density at radius 3 is 2.89 bits per heavy atom. The molecule has 1 unspecified atom stereocenters. The van der Waals surface area contributed by atoms with Gasteiger partial charge in [0.2, 0.25) is 0 Å². The van der Waals surface area contributed by atoms with Crippen molar-refractivity contribution >= 4 is 11.3 Å². The van der Waals surface area contributed by atoms with Gasteiger partial charge in [0, 0.05) is 18.0 Å². The van der Waals surface area contributed by atoms with Crippen LogP contribution >= 0.6 is 11.3 Å². The highest BCUT2D eigenvalue weighted by atomic mass is 32.1. The lowest BCUT2D eigenvalue weighted by molar-refractivity contribution is 0.167. The summed E-state index contributed by atoms with van der Waals surface area (Å²) in [5.74, 6) is 0.853. The number of benzene rings is 1. The van der Waals surface area contributed by atoms with Crippen LogP contribution in [0.3, 0.4) is 0 Å². The Labute approximate surface area is 111 Å². The molecule has 1 atom stereocenters. The van der Waals surface area contributed by atoms with Crippen LogP contribution in [0.1, 0.15) is 28.7 Å². The molecule has 0 bridgehead atoms. The second-order valence-corrected chi connectivity index (χ2v) is 5.19. The van der Waals surface area contributed by atoms with Crippen LogP contribution < -0.4 is 4.74 Å². The van der Waals surface area contributed by atoms with Gasteiger partial charge in [0.1, 0.15) is 5.75 Å². The van der Waals surface area contributed by atoms with E-state index < -0.39 is 6.10 Å². The molecule has 0 spiro atoms. The van der Waals surface area contributed by atoms with Gasteiger partial charge >= 0.3 is 0 Å². The minimum atomic E-state index is -0.446. The molecule has 2 rings (SSSR count). The summed E-state index contributed by atoms with van der Waals surface area (Å²) in [5.41, 5.74) is 1.98. The predicted octanol–water partition coefficient (Wildman–Crippen LogP) is 3.13. The number of ether oxygens (including phenoxy) is 1. The van der Waals surface area contributed by atoms with Crippen molar-refractivity contribution in [2.45, 2.75) is 25.9 Å². The fourth-order valence-electron chi connectivity index (χ4n) is 1.91. The van der Waals surface area contributed by atoms with Crippen molar-refractivity contribution in [2.24, 2.45) is 0 Å². The Morgan fingerprint density at radius 1 is 1.44 bits per heavy atom. The number of aryl methyl sites for hydroxylation is 2. The average Bonchev–Trinajstić information content (AvgIpc) is 2.89. The molecule has 0 aliphatic heterocycles. The fourth-order valence-corrected chi connectivity index (χ4v) is 2.55. The summed E-state index contributed by atoms with van der Waals surface area (Å²) in [6, 6.07) is 5.79. The average molecular weight is 263 g/mol. The molecule has 1 N–H and O–H groups in total. The first-order valence-electron chi connectivity index (χ1n) is 5.91. The van der Waals surface area contributed by atoms with Crippen LogP contribution in [0.5, 0.6) is 5.75 Å². The Morgan fingerprint density at radius 2 is 2.28 bits per heavy atom. The van der Waals surface area contributed by atoms with E-state index in [-0.39, 0.29) is 0 Å². The monoisotopic (exact) mass is 263 g/mol. The van der Waals surface area contributed by atoms with Crippen molar-refractivity contribution < 1.29 is 9.84 Å². The van der Waals surface area contributed by atoms with Gasteiger partial charge in [-0.25, -0.2) is 4.98 Å².